The predicted molar refractivity (Wildman–Crippen MR) is 97.4 cm³/mol. The SMILES string of the molecule is CC1CN(CCc2c[nH]c3ccccc23)c2ccc([N+](=O)[O-])cc2O1. The molecule has 6 nitrogen and oxygen atoms in total. The number of H-pyrrole nitrogens is 1. The second kappa shape index (κ2) is 6.12. The van der Waals surface area contributed by atoms with Crippen molar-refractivity contribution in [2.45, 2.75) is 19.4 Å². The van der Waals surface area contributed by atoms with E-state index in [2.05, 4.69) is 28.2 Å². The molecule has 0 radical (unpaired) electrons. The Morgan fingerprint density at radius 1 is 1.32 bits per heavy atom. The highest BCUT2D eigenvalue weighted by Crippen LogP contribution is 2.36. The second-order valence-electron chi connectivity index (χ2n) is 6.39. The van der Waals surface area contributed by atoms with Crippen LogP contribution in [0.25, 0.3) is 10.9 Å². The van der Waals surface area contributed by atoms with Crippen LogP contribution < -0.4 is 9.64 Å². The molecule has 0 bridgehead atoms. The van der Waals surface area contributed by atoms with Gasteiger partial charge in [0.2, 0.25) is 0 Å². The van der Waals surface area contributed by atoms with E-state index in [1.165, 1.54) is 23.1 Å². The van der Waals surface area contributed by atoms with Gasteiger partial charge in [-0.05, 0) is 31.0 Å². The lowest BCUT2D eigenvalue weighted by Gasteiger charge is -2.34. The number of fused-ring (bicyclic) bond motifs is 2. The molecule has 0 saturated carbocycles. The van der Waals surface area contributed by atoms with Gasteiger partial charge in [0.05, 0.1) is 23.2 Å². The molecule has 6 heteroatoms. The largest absolute Gasteiger partial charge is 0.486 e. The summed E-state index contributed by atoms with van der Waals surface area (Å²) in [5, 5.41) is 12.2. The van der Waals surface area contributed by atoms with Gasteiger partial charge < -0.3 is 14.6 Å². The van der Waals surface area contributed by atoms with Crippen LogP contribution in [0.2, 0.25) is 0 Å². The summed E-state index contributed by atoms with van der Waals surface area (Å²) in [5.41, 5.74) is 3.40. The molecule has 4 rings (SSSR count). The van der Waals surface area contributed by atoms with Crippen LogP contribution in [0.1, 0.15) is 12.5 Å². The minimum atomic E-state index is -0.390. The zero-order valence-electron chi connectivity index (χ0n) is 13.9. The van der Waals surface area contributed by atoms with E-state index in [1.54, 1.807) is 6.07 Å². The first-order valence-electron chi connectivity index (χ1n) is 8.37. The normalized spacial score (nSPS) is 16.5. The summed E-state index contributed by atoms with van der Waals surface area (Å²) in [7, 11) is 0. The van der Waals surface area contributed by atoms with Gasteiger partial charge in [0, 0.05) is 29.7 Å². The minimum Gasteiger partial charge on any atom is -0.486 e. The van der Waals surface area contributed by atoms with E-state index in [1.807, 2.05) is 19.1 Å². The third-order valence-corrected chi connectivity index (χ3v) is 4.63. The van der Waals surface area contributed by atoms with Gasteiger partial charge in [-0.1, -0.05) is 18.2 Å². The third-order valence-electron chi connectivity index (χ3n) is 4.63. The maximum Gasteiger partial charge on any atom is 0.273 e. The third kappa shape index (κ3) is 2.91. The van der Waals surface area contributed by atoms with Crippen molar-refractivity contribution >= 4 is 22.3 Å². The Morgan fingerprint density at radius 3 is 3.00 bits per heavy atom. The lowest BCUT2D eigenvalue weighted by atomic mass is 10.1. The van der Waals surface area contributed by atoms with E-state index >= 15 is 0 Å². The lowest BCUT2D eigenvalue weighted by Crippen LogP contribution is -2.39. The topological polar surface area (TPSA) is 71.4 Å². The summed E-state index contributed by atoms with van der Waals surface area (Å²) in [6.07, 6.45) is 2.95. The smallest absolute Gasteiger partial charge is 0.273 e. The Balaban J connectivity index is 1.58. The van der Waals surface area contributed by atoms with Gasteiger partial charge in [0.1, 0.15) is 11.9 Å². The van der Waals surface area contributed by atoms with Crippen LogP contribution in [-0.4, -0.2) is 29.1 Å². The molecule has 2 aromatic carbocycles. The number of anilines is 1. The van der Waals surface area contributed by atoms with Crippen molar-refractivity contribution in [3.05, 3.63) is 64.3 Å². The van der Waals surface area contributed by atoms with Crippen LogP contribution in [0.3, 0.4) is 0 Å². The molecule has 1 atom stereocenters. The predicted octanol–water partition coefficient (Wildman–Crippen LogP) is 3.91. The van der Waals surface area contributed by atoms with Crippen LogP contribution >= 0.6 is 0 Å². The van der Waals surface area contributed by atoms with Gasteiger partial charge >= 0.3 is 0 Å². The molecule has 0 aliphatic carbocycles. The molecule has 1 aliphatic heterocycles. The summed E-state index contributed by atoms with van der Waals surface area (Å²) in [6.45, 7) is 3.59. The van der Waals surface area contributed by atoms with Crippen LogP contribution in [0.5, 0.6) is 5.75 Å². The molecule has 25 heavy (non-hydrogen) atoms. The highest BCUT2D eigenvalue weighted by molar-refractivity contribution is 5.83. The van der Waals surface area contributed by atoms with E-state index in [0.29, 0.717) is 5.75 Å². The maximum atomic E-state index is 11.0. The quantitative estimate of drug-likeness (QED) is 0.579. The number of aromatic amines is 1. The molecule has 0 amide bonds. The van der Waals surface area contributed by atoms with Crippen LogP contribution in [-0.2, 0) is 6.42 Å². The molecule has 0 fully saturated rings. The van der Waals surface area contributed by atoms with Crippen molar-refractivity contribution in [1.29, 1.82) is 0 Å². The van der Waals surface area contributed by atoms with Gasteiger partial charge in [-0.3, -0.25) is 10.1 Å². The molecule has 1 aliphatic rings. The van der Waals surface area contributed by atoms with Gasteiger partial charge in [-0.15, -0.1) is 0 Å². The van der Waals surface area contributed by atoms with Crippen LogP contribution in [0.4, 0.5) is 11.4 Å². The van der Waals surface area contributed by atoms with Gasteiger partial charge in [0.25, 0.3) is 5.69 Å². The molecule has 0 spiro atoms. The number of nitrogens with zero attached hydrogens (tertiary/aromatic N) is 2. The van der Waals surface area contributed by atoms with E-state index in [4.69, 9.17) is 4.74 Å². The Hall–Kier alpha value is -3.02. The average molecular weight is 337 g/mol. The minimum absolute atomic E-state index is 0.00234. The zero-order valence-corrected chi connectivity index (χ0v) is 13.9. The number of ether oxygens (including phenoxy) is 1. The van der Waals surface area contributed by atoms with E-state index in [-0.39, 0.29) is 16.7 Å². The zero-order chi connectivity index (χ0) is 17.4. The molecule has 1 unspecified atom stereocenters. The van der Waals surface area contributed by atoms with Crippen molar-refractivity contribution < 1.29 is 9.66 Å². The number of hydrogen-bond acceptors (Lipinski definition) is 4. The Kier molecular flexibility index (Phi) is 3.80. The first kappa shape index (κ1) is 15.5. The number of non-ortho nitro benzene ring substituents is 1. The second-order valence-corrected chi connectivity index (χ2v) is 6.39. The molecule has 1 N–H and O–H groups in total. The molecule has 0 saturated heterocycles. The van der Waals surface area contributed by atoms with Crippen molar-refractivity contribution in [3.8, 4) is 5.75 Å². The monoisotopic (exact) mass is 337 g/mol. The molecule has 3 aromatic rings. The number of hydrogen-bond donors (Lipinski definition) is 1. The van der Waals surface area contributed by atoms with E-state index in [0.717, 1.165) is 30.7 Å². The number of para-hydroxylation sites is 1. The average Bonchev–Trinajstić information content (AvgIpc) is 3.02. The number of benzene rings is 2. The van der Waals surface area contributed by atoms with Crippen molar-refractivity contribution in [3.63, 3.8) is 0 Å². The first-order chi connectivity index (χ1) is 12.1. The Bertz CT molecular complexity index is 935. The summed E-state index contributed by atoms with van der Waals surface area (Å²) in [4.78, 5) is 16.1. The number of nitro benzene ring substituents is 1. The highest BCUT2D eigenvalue weighted by Gasteiger charge is 2.25. The molecule has 1 aromatic heterocycles. The summed E-state index contributed by atoms with van der Waals surface area (Å²) >= 11 is 0. The number of rotatable bonds is 4. The number of nitrogens with one attached hydrogen (secondary N) is 1. The van der Waals surface area contributed by atoms with Gasteiger partial charge in [-0.2, -0.15) is 0 Å². The van der Waals surface area contributed by atoms with Crippen LogP contribution in [0.15, 0.2) is 48.7 Å². The number of aromatic nitrogens is 1. The standard InChI is InChI=1S/C19H19N3O3/c1-13-12-21(18-7-6-15(22(23)24)10-19(18)25-13)9-8-14-11-20-17-5-3-2-4-16(14)17/h2-7,10-11,13,20H,8-9,12H2,1H3. The Labute approximate surface area is 145 Å². The lowest BCUT2D eigenvalue weighted by molar-refractivity contribution is -0.384. The maximum absolute atomic E-state index is 11.0. The molecule has 2 heterocycles. The molecular weight excluding hydrogens is 318 g/mol. The number of nitro groups is 1. The fourth-order valence-corrected chi connectivity index (χ4v) is 3.44. The summed E-state index contributed by atoms with van der Waals surface area (Å²) < 4.78 is 5.81. The molecular formula is C19H19N3O3. The molecule has 128 valence electrons. The van der Waals surface area contributed by atoms with E-state index < -0.39 is 0 Å². The fourth-order valence-electron chi connectivity index (χ4n) is 3.44. The fraction of sp³-hybridized carbons (Fsp3) is 0.263. The van der Waals surface area contributed by atoms with Crippen molar-refractivity contribution in [2.75, 3.05) is 18.0 Å². The van der Waals surface area contributed by atoms with E-state index in [9.17, 15) is 10.1 Å². The van der Waals surface area contributed by atoms with Gasteiger partial charge in [0.15, 0.2) is 0 Å². The highest BCUT2D eigenvalue weighted by atomic mass is 16.6. The summed E-state index contributed by atoms with van der Waals surface area (Å²) in [5.74, 6) is 0.590. The Morgan fingerprint density at radius 2 is 2.16 bits per heavy atom. The van der Waals surface area contributed by atoms with Crippen LogP contribution in [0, 0.1) is 10.1 Å². The van der Waals surface area contributed by atoms with Gasteiger partial charge in [-0.25, -0.2) is 0 Å². The first-order valence-corrected chi connectivity index (χ1v) is 8.37. The van der Waals surface area contributed by atoms with Crippen molar-refractivity contribution in [2.24, 2.45) is 0 Å². The summed E-state index contributed by atoms with van der Waals surface area (Å²) in [6, 6.07) is 13.1. The van der Waals surface area contributed by atoms with Crippen molar-refractivity contribution in [1.82, 2.24) is 4.98 Å².